The topological polar surface area (TPSA) is 38.0 Å². The van der Waals surface area contributed by atoms with Crippen LogP contribution in [0.5, 0.6) is 0 Å². The third-order valence-electron chi connectivity index (χ3n) is 3.00. The van der Waals surface area contributed by atoms with Crippen LogP contribution in [0.2, 0.25) is 5.02 Å². The second kappa shape index (κ2) is 6.17. The molecular weight excluding hydrogens is 267 g/mol. The Kier molecular flexibility index (Phi) is 4.56. The van der Waals surface area contributed by atoms with Crippen molar-refractivity contribution in [2.24, 2.45) is 0 Å². The van der Waals surface area contributed by atoms with Gasteiger partial charge in [-0.15, -0.1) is 0 Å². The number of halogens is 2. The van der Waals surface area contributed by atoms with E-state index in [1.54, 1.807) is 24.7 Å². The molecule has 1 aromatic carbocycles. The fraction of sp³-hybridized carbons (Fsp3) is 0.357. The van der Waals surface area contributed by atoms with E-state index in [1.807, 2.05) is 11.5 Å². The van der Waals surface area contributed by atoms with E-state index in [-0.39, 0.29) is 11.4 Å². The zero-order valence-electron chi connectivity index (χ0n) is 10.7. The fourth-order valence-electron chi connectivity index (χ4n) is 2.06. The average Bonchev–Trinajstić information content (AvgIpc) is 2.84. The normalized spacial score (nSPS) is 12.6. The van der Waals surface area contributed by atoms with Crippen molar-refractivity contribution < 1.29 is 9.50 Å². The minimum Gasteiger partial charge on any atom is -0.386 e. The van der Waals surface area contributed by atoms with Crippen molar-refractivity contribution in [2.75, 3.05) is 0 Å². The molecule has 19 heavy (non-hydrogen) atoms. The van der Waals surface area contributed by atoms with Gasteiger partial charge in [0.1, 0.15) is 5.82 Å². The summed E-state index contributed by atoms with van der Waals surface area (Å²) in [6.07, 6.45) is 3.63. The number of nitrogens with zero attached hydrogens (tertiary/aromatic N) is 2. The minimum atomic E-state index is -0.790. The van der Waals surface area contributed by atoms with E-state index in [9.17, 15) is 9.50 Å². The van der Waals surface area contributed by atoms with E-state index in [4.69, 9.17) is 11.6 Å². The van der Waals surface area contributed by atoms with Gasteiger partial charge >= 0.3 is 0 Å². The summed E-state index contributed by atoms with van der Waals surface area (Å²) in [6, 6.07) is 4.80. The Balaban J connectivity index is 2.18. The highest BCUT2D eigenvalue weighted by molar-refractivity contribution is 6.30. The molecule has 0 saturated carbocycles. The van der Waals surface area contributed by atoms with Crippen molar-refractivity contribution in [3.63, 3.8) is 0 Å². The Morgan fingerprint density at radius 1 is 1.47 bits per heavy atom. The van der Waals surface area contributed by atoms with E-state index in [2.05, 4.69) is 4.98 Å². The number of aryl methyl sites for hydroxylation is 1. The first-order chi connectivity index (χ1) is 9.13. The molecule has 2 aromatic rings. The number of imidazole rings is 1. The van der Waals surface area contributed by atoms with Gasteiger partial charge in [-0.25, -0.2) is 9.37 Å². The molecule has 1 aromatic heterocycles. The molecule has 0 aliphatic rings. The van der Waals surface area contributed by atoms with Crippen molar-refractivity contribution in [1.82, 2.24) is 9.55 Å². The molecule has 5 heteroatoms. The lowest BCUT2D eigenvalue weighted by atomic mass is 10.1. The summed E-state index contributed by atoms with van der Waals surface area (Å²) in [5.74, 6) is -0.468. The standard InChI is InChI=1S/C14H16ClFN2O/c1-2-6-18-9-17-8-12(18)13(19)7-10-4-3-5-11(15)14(10)16/h3-5,8-9,13,19H,2,6-7H2,1H3. The molecule has 102 valence electrons. The Morgan fingerprint density at radius 2 is 2.26 bits per heavy atom. The maximum Gasteiger partial charge on any atom is 0.145 e. The minimum absolute atomic E-state index is 0.0757. The molecule has 0 bridgehead atoms. The quantitative estimate of drug-likeness (QED) is 0.913. The highest BCUT2D eigenvalue weighted by Crippen LogP contribution is 2.23. The molecule has 0 amide bonds. The second-order valence-corrected chi connectivity index (χ2v) is 4.85. The first-order valence-corrected chi connectivity index (χ1v) is 6.62. The molecule has 0 aliphatic heterocycles. The van der Waals surface area contributed by atoms with Gasteiger partial charge in [0.25, 0.3) is 0 Å². The van der Waals surface area contributed by atoms with Crippen LogP contribution in [0.3, 0.4) is 0 Å². The molecule has 0 fully saturated rings. The van der Waals surface area contributed by atoms with Crippen LogP contribution in [-0.2, 0) is 13.0 Å². The molecule has 1 atom stereocenters. The second-order valence-electron chi connectivity index (χ2n) is 4.44. The summed E-state index contributed by atoms with van der Waals surface area (Å²) >= 11 is 5.73. The zero-order valence-corrected chi connectivity index (χ0v) is 11.4. The van der Waals surface area contributed by atoms with E-state index in [1.165, 1.54) is 6.07 Å². The number of benzene rings is 1. The summed E-state index contributed by atoms with van der Waals surface area (Å²) in [7, 11) is 0. The van der Waals surface area contributed by atoms with E-state index in [0.717, 1.165) is 13.0 Å². The molecule has 1 N–H and O–H groups in total. The van der Waals surface area contributed by atoms with Crippen LogP contribution in [0.25, 0.3) is 0 Å². The van der Waals surface area contributed by atoms with Crippen LogP contribution < -0.4 is 0 Å². The smallest absolute Gasteiger partial charge is 0.145 e. The summed E-state index contributed by atoms with van der Waals surface area (Å²) < 4.78 is 15.7. The van der Waals surface area contributed by atoms with Gasteiger partial charge in [0.05, 0.1) is 29.3 Å². The van der Waals surface area contributed by atoms with Gasteiger partial charge < -0.3 is 9.67 Å². The zero-order chi connectivity index (χ0) is 13.8. The SMILES string of the molecule is CCCn1cncc1C(O)Cc1cccc(Cl)c1F. The van der Waals surface area contributed by atoms with E-state index < -0.39 is 11.9 Å². The predicted molar refractivity (Wildman–Crippen MR) is 72.6 cm³/mol. The largest absolute Gasteiger partial charge is 0.386 e. The Bertz CT molecular complexity index is 556. The van der Waals surface area contributed by atoms with Crippen molar-refractivity contribution in [3.8, 4) is 0 Å². The van der Waals surface area contributed by atoms with Gasteiger partial charge in [-0.3, -0.25) is 0 Å². The van der Waals surface area contributed by atoms with Gasteiger partial charge in [0.15, 0.2) is 0 Å². The summed E-state index contributed by atoms with van der Waals surface area (Å²) in [5.41, 5.74) is 1.10. The van der Waals surface area contributed by atoms with Crippen LogP contribution in [0.4, 0.5) is 4.39 Å². The molecule has 1 heterocycles. The summed E-state index contributed by atoms with van der Waals surface area (Å²) in [6.45, 7) is 2.83. The van der Waals surface area contributed by atoms with Crippen LogP contribution in [0, 0.1) is 5.82 Å². The fourth-order valence-corrected chi connectivity index (χ4v) is 2.25. The Labute approximate surface area is 116 Å². The van der Waals surface area contributed by atoms with Crippen LogP contribution in [-0.4, -0.2) is 14.7 Å². The summed E-state index contributed by atoms with van der Waals surface area (Å²) in [5, 5.41) is 10.3. The highest BCUT2D eigenvalue weighted by Gasteiger charge is 2.16. The van der Waals surface area contributed by atoms with E-state index in [0.29, 0.717) is 11.3 Å². The number of rotatable bonds is 5. The van der Waals surface area contributed by atoms with Gasteiger partial charge in [0.2, 0.25) is 0 Å². The van der Waals surface area contributed by atoms with Crippen molar-refractivity contribution >= 4 is 11.6 Å². The van der Waals surface area contributed by atoms with Crippen molar-refractivity contribution in [1.29, 1.82) is 0 Å². The first kappa shape index (κ1) is 14.0. The van der Waals surface area contributed by atoms with Gasteiger partial charge in [0, 0.05) is 13.0 Å². The Hall–Kier alpha value is -1.39. The lowest BCUT2D eigenvalue weighted by molar-refractivity contribution is 0.167. The molecule has 0 saturated heterocycles. The molecule has 0 aliphatic carbocycles. The Morgan fingerprint density at radius 3 is 3.00 bits per heavy atom. The number of hydrogen-bond donors (Lipinski definition) is 1. The number of aliphatic hydroxyl groups excluding tert-OH is 1. The third kappa shape index (κ3) is 3.14. The van der Waals surface area contributed by atoms with Crippen LogP contribution in [0.15, 0.2) is 30.7 Å². The number of aromatic nitrogens is 2. The number of hydrogen-bond acceptors (Lipinski definition) is 2. The average molecular weight is 283 g/mol. The molecule has 3 nitrogen and oxygen atoms in total. The number of aliphatic hydroxyl groups is 1. The van der Waals surface area contributed by atoms with Crippen LogP contribution in [0.1, 0.15) is 30.7 Å². The molecule has 0 radical (unpaired) electrons. The van der Waals surface area contributed by atoms with Crippen molar-refractivity contribution in [3.05, 3.63) is 52.8 Å². The maximum atomic E-state index is 13.8. The van der Waals surface area contributed by atoms with Crippen LogP contribution >= 0.6 is 11.6 Å². The third-order valence-corrected chi connectivity index (χ3v) is 3.29. The maximum absolute atomic E-state index is 13.8. The van der Waals surface area contributed by atoms with Gasteiger partial charge in [-0.2, -0.15) is 0 Å². The summed E-state index contributed by atoms with van der Waals surface area (Å²) in [4.78, 5) is 4.03. The lowest BCUT2D eigenvalue weighted by Crippen LogP contribution is -2.10. The van der Waals surface area contributed by atoms with E-state index >= 15 is 0 Å². The molecule has 2 rings (SSSR count). The molecular formula is C14H16ClFN2O. The predicted octanol–water partition coefficient (Wildman–Crippen LogP) is 3.36. The lowest BCUT2D eigenvalue weighted by Gasteiger charge is -2.14. The van der Waals surface area contributed by atoms with Gasteiger partial charge in [-0.05, 0) is 18.1 Å². The first-order valence-electron chi connectivity index (χ1n) is 6.24. The highest BCUT2D eigenvalue weighted by atomic mass is 35.5. The van der Waals surface area contributed by atoms with Gasteiger partial charge in [-0.1, -0.05) is 30.7 Å². The van der Waals surface area contributed by atoms with Crippen molar-refractivity contribution in [2.45, 2.75) is 32.4 Å². The molecule has 1 unspecified atom stereocenters. The monoisotopic (exact) mass is 282 g/mol. The molecule has 0 spiro atoms.